The van der Waals surface area contributed by atoms with Crippen LogP contribution in [-0.2, 0) is 15.5 Å². The standard InChI is InChI=1S/C5H10O2S/c1-7-2-5-3-8(6)4-5/h5H,2-4H2,1H3. The van der Waals surface area contributed by atoms with E-state index in [0.29, 0.717) is 5.92 Å². The van der Waals surface area contributed by atoms with Crippen molar-refractivity contribution < 1.29 is 8.95 Å². The average molecular weight is 134 g/mol. The molecule has 0 atom stereocenters. The van der Waals surface area contributed by atoms with Gasteiger partial charge in [-0.15, -0.1) is 0 Å². The van der Waals surface area contributed by atoms with Crippen molar-refractivity contribution in [2.45, 2.75) is 0 Å². The van der Waals surface area contributed by atoms with Crippen molar-refractivity contribution >= 4 is 10.8 Å². The molecule has 48 valence electrons. The van der Waals surface area contributed by atoms with Gasteiger partial charge in [-0.2, -0.15) is 0 Å². The summed E-state index contributed by atoms with van der Waals surface area (Å²) in [4.78, 5) is 0. The van der Waals surface area contributed by atoms with Gasteiger partial charge in [0.25, 0.3) is 0 Å². The largest absolute Gasteiger partial charge is 0.384 e. The Labute approximate surface area is 51.7 Å². The Kier molecular flexibility index (Phi) is 2.02. The van der Waals surface area contributed by atoms with Crippen molar-refractivity contribution in [1.29, 1.82) is 0 Å². The summed E-state index contributed by atoms with van der Waals surface area (Å²) in [5.41, 5.74) is 0. The van der Waals surface area contributed by atoms with Crippen LogP contribution < -0.4 is 0 Å². The molecule has 0 bridgehead atoms. The number of rotatable bonds is 2. The van der Waals surface area contributed by atoms with Crippen molar-refractivity contribution in [2.24, 2.45) is 5.92 Å². The van der Waals surface area contributed by atoms with E-state index >= 15 is 0 Å². The fourth-order valence-corrected chi connectivity index (χ4v) is 1.96. The molecule has 0 saturated carbocycles. The van der Waals surface area contributed by atoms with Crippen LogP contribution in [-0.4, -0.2) is 29.4 Å². The zero-order chi connectivity index (χ0) is 5.98. The van der Waals surface area contributed by atoms with Gasteiger partial charge in [-0.3, -0.25) is 4.21 Å². The Balaban J connectivity index is 2.06. The molecule has 1 rings (SSSR count). The lowest BCUT2D eigenvalue weighted by molar-refractivity contribution is 0.164. The minimum absolute atomic E-state index is 0.504. The average Bonchev–Trinajstić information content (AvgIpc) is 1.64. The van der Waals surface area contributed by atoms with E-state index in [1.54, 1.807) is 7.11 Å². The lowest BCUT2D eigenvalue weighted by Gasteiger charge is -2.23. The molecule has 1 saturated heterocycles. The predicted octanol–water partition coefficient (Wildman–Crippen LogP) is 0.0113. The van der Waals surface area contributed by atoms with Gasteiger partial charge in [-0.05, 0) is 0 Å². The third-order valence-corrected chi connectivity index (χ3v) is 2.93. The summed E-state index contributed by atoms with van der Waals surface area (Å²) < 4.78 is 15.3. The first-order valence-electron chi connectivity index (χ1n) is 2.67. The van der Waals surface area contributed by atoms with Crippen LogP contribution in [0.5, 0.6) is 0 Å². The van der Waals surface area contributed by atoms with Crippen molar-refractivity contribution in [3.8, 4) is 0 Å². The Bertz CT molecular complexity index is 94.6. The third kappa shape index (κ3) is 1.29. The van der Waals surface area contributed by atoms with Crippen molar-refractivity contribution in [3.05, 3.63) is 0 Å². The third-order valence-electron chi connectivity index (χ3n) is 1.25. The van der Waals surface area contributed by atoms with E-state index in [-0.39, 0.29) is 0 Å². The normalized spacial score (nSPS) is 36.6. The zero-order valence-corrected chi connectivity index (χ0v) is 5.74. The molecule has 1 fully saturated rings. The van der Waals surface area contributed by atoms with E-state index in [0.717, 1.165) is 18.1 Å². The molecule has 0 aromatic heterocycles. The second-order valence-electron chi connectivity index (χ2n) is 2.09. The maximum atomic E-state index is 10.4. The number of methoxy groups -OCH3 is 1. The van der Waals surface area contributed by atoms with Gasteiger partial charge in [0.2, 0.25) is 0 Å². The summed E-state index contributed by atoms with van der Waals surface area (Å²) in [6.45, 7) is 0.783. The van der Waals surface area contributed by atoms with Crippen molar-refractivity contribution in [3.63, 3.8) is 0 Å². The van der Waals surface area contributed by atoms with E-state index in [1.165, 1.54) is 0 Å². The number of ether oxygens (including phenoxy) is 1. The Morgan fingerprint density at radius 1 is 1.75 bits per heavy atom. The molecule has 3 heteroatoms. The topological polar surface area (TPSA) is 26.3 Å². The Morgan fingerprint density at radius 2 is 2.38 bits per heavy atom. The minimum atomic E-state index is -0.504. The molecule has 0 radical (unpaired) electrons. The molecule has 0 aromatic rings. The van der Waals surface area contributed by atoms with E-state index in [9.17, 15) is 4.21 Å². The van der Waals surface area contributed by atoms with Gasteiger partial charge in [-0.1, -0.05) is 0 Å². The number of hydrogen-bond donors (Lipinski definition) is 0. The molecule has 0 aromatic carbocycles. The lowest BCUT2D eigenvalue weighted by atomic mass is 10.2. The highest BCUT2D eigenvalue weighted by atomic mass is 32.2. The molecule has 1 heterocycles. The van der Waals surface area contributed by atoms with Crippen LogP contribution in [0, 0.1) is 5.92 Å². The van der Waals surface area contributed by atoms with Crippen LogP contribution in [0.15, 0.2) is 0 Å². The van der Waals surface area contributed by atoms with Gasteiger partial charge in [-0.25, -0.2) is 0 Å². The van der Waals surface area contributed by atoms with E-state index in [4.69, 9.17) is 4.74 Å². The van der Waals surface area contributed by atoms with Gasteiger partial charge >= 0.3 is 0 Å². The first kappa shape index (κ1) is 6.23. The van der Waals surface area contributed by atoms with Gasteiger partial charge < -0.3 is 4.74 Å². The van der Waals surface area contributed by atoms with Crippen molar-refractivity contribution in [1.82, 2.24) is 0 Å². The maximum absolute atomic E-state index is 10.4. The van der Waals surface area contributed by atoms with Gasteiger partial charge in [0.05, 0.1) is 6.61 Å². The van der Waals surface area contributed by atoms with Crippen LogP contribution in [0.1, 0.15) is 0 Å². The molecule has 1 aliphatic rings. The molecular formula is C5H10O2S. The van der Waals surface area contributed by atoms with E-state index in [1.807, 2.05) is 0 Å². The summed E-state index contributed by atoms with van der Waals surface area (Å²) in [5, 5.41) is 0. The van der Waals surface area contributed by atoms with Crippen LogP contribution in [0.2, 0.25) is 0 Å². The van der Waals surface area contributed by atoms with Gasteiger partial charge in [0, 0.05) is 35.3 Å². The molecule has 0 aliphatic carbocycles. The second-order valence-corrected chi connectivity index (χ2v) is 3.64. The number of hydrogen-bond acceptors (Lipinski definition) is 2. The Morgan fingerprint density at radius 3 is 2.75 bits per heavy atom. The summed E-state index contributed by atoms with van der Waals surface area (Å²) in [5.74, 6) is 2.29. The maximum Gasteiger partial charge on any atom is 0.0508 e. The first-order chi connectivity index (χ1) is 3.83. The molecule has 0 spiro atoms. The van der Waals surface area contributed by atoms with Gasteiger partial charge in [0.15, 0.2) is 0 Å². The molecule has 0 N–H and O–H groups in total. The van der Waals surface area contributed by atoms with Crippen LogP contribution in [0.4, 0.5) is 0 Å². The molecule has 8 heavy (non-hydrogen) atoms. The van der Waals surface area contributed by atoms with Crippen LogP contribution in [0.3, 0.4) is 0 Å². The highest BCUT2D eigenvalue weighted by Crippen LogP contribution is 2.13. The monoisotopic (exact) mass is 134 g/mol. The SMILES string of the molecule is COCC1CS(=O)C1. The molecule has 0 amide bonds. The predicted molar refractivity (Wildman–Crippen MR) is 33.2 cm³/mol. The first-order valence-corrected chi connectivity index (χ1v) is 4.15. The second kappa shape index (κ2) is 2.60. The smallest absolute Gasteiger partial charge is 0.0508 e. The Hall–Kier alpha value is 0.110. The highest BCUT2D eigenvalue weighted by Gasteiger charge is 2.24. The molecule has 1 aliphatic heterocycles. The lowest BCUT2D eigenvalue weighted by Crippen LogP contribution is -2.34. The quantitative estimate of drug-likeness (QED) is 0.532. The molecule has 0 unspecified atom stereocenters. The fraction of sp³-hybridized carbons (Fsp3) is 1.00. The van der Waals surface area contributed by atoms with Crippen LogP contribution >= 0.6 is 0 Å². The molecular weight excluding hydrogens is 124 g/mol. The van der Waals surface area contributed by atoms with Crippen LogP contribution in [0.25, 0.3) is 0 Å². The van der Waals surface area contributed by atoms with E-state index < -0.39 is 10.8 Å². The summed E-state index contributed by atoms with van der Waals surface area (Å²) in [6, 6.07) is 0. The van der Waals surface area contributed by atoms with E-state index in [2.05, 4.69) is 0 Å². The summed E-state index contributed by atoms with van der Waals surface area (Å²) in [6.07, 6.45) is 0. The van der Waals surface area contributed by atoms with Crippen molar-refractivity contribution in [2.75, 3.05) is 25.2 Å². The van der Waals surface area contributed by atoms with Gasteiger partial charge in [0.1, 0.15) is 0 Å². The highest BCUT2D eigenvalue weighted by molar-refractivity contribution is 7.86. The fourth-order valence-electron chi connectivity index (χ4n) is 0.809. The molecule has 2 nitrogen and oxygen atoms in total. The minimum Gasteiger partial charge on any atom is -0.384 e. The summed E-state index contributed by atoms with van der Waals surface area (Å²) in [7, 11) is 1.18. The summed E-state index contributed by atoms with van der Waals surface area (Å²) >= 11 is 0. The zero-order valence-electron chi connectivity index (χ0n) is 4.92.